The summed E-state index contributed by atoms with van der Waals surface area (Å²) in [5.41, 5.74) is 2.43. The molecule has 3 N–H and O–H groups in total. The monoisotopic (exact) mass is 376 g/mol. The number of rotatable bonds is 3. The Bertz CT molecular complexity index is 720. The van der Waals surface area contributed by atoms with Gasteiger partial charge in [0, 0.05) is 30.8 Å². The summed E-state index contributed by atoms with van der Waals surface area (Å²) in [4.78, 5) is 13.7. The number of carbonyl (C=O) groups is 1. The van der Waals surface area contributed by atoms with Crippen LogP contribution in [0.5, 0.6) is 0 Å². The molecule has 1 aromatic rings. The quantitative estimate of drug-likeness (QED) is 0.560. The molecule has 3 aliphatic rings. The van der Waals surface area contributed by atoms with Gasteiger partial charge in [0.05, 0.1) is 5.60 Å². The molecule has 2 saturated carbocycles. The van der Waals surface area contributed by atoms with E-state index in [1.807, 2.05) is 0 Å². The standard InChI is InChI=1S/C21H29FN2O3/c1-13-4-14-6-15(5-13)10-21(26,9-14)12-24-3-2-16-7-17(20(25)23-27)8-19(22)18(16)11-24/h7-8,13-15,26-27H,2-6,9-12H2,1H3,(H,23,25). The molecule has 2 aliphatic carbocycles. The Labute approximate surface area is 159 Å². The van der Waals surface area contributed by atoms with E-state index in [-0.39, 0.29) is 5.56 Å². The van der Waals surface area contributed by atoms with E-state index in [0.29, 0.717) is 36.9 Å². The van der Waals surface area contributed by atoms with E-state index in [2.05, 4.69) is 11.8 Å². The van der Waals surface area contributed by atoms with Gasteiger partial charge in [0.1, 0.15) is 5.82 Å². The number of β-amino-alcohol motifs (C(OH)–C–C–N with tert-alkyl or cyclic N) is 1. The van der Waals surface area contributed by atoms with E-state index < -0.39 is 17.3 Å². The molecule has 0 aromatic heterocycles. The predicted molar refractivity (Wildman–Crippen MR) is 98.8 cm³/mol. The van der Waals surface area contributed by atoms with E-state index in [0.717, 1.165) is 30.9 Å². The molecule has 27 heavy (non-hydrogen) atoms. The van der Waals surface area contributed by atoms with E-state index in [9.17, 15) is 14.3 Å². The van der Waals surface area contributed by atoms with Crippen molar-refractivity contribution in [2.24, 2.45) is 17.8 Å². The molecule has 2 atom stereocenters. The minimum Gasteiger partial charge on any atom is -0.389 e. The van der Waals surface area contributed by atoms with Crippen molar-refractivity contribution in [1.29, 1.82) is 0 Å². The molecule has 1 aliphatic heterocycles. The van der Waals surface area contributed by atoms with Crippen LogP contribution in [0.4, 0.5) is 4.39 Å². The van der Waals surface area contributed by atoms with Crippen LogP contribution in [0, 0.1) is 23.6 Å². The number of nitrogens with zero attached hydrogens (tertiary/aromatic N) is 1. The highest BCUT2D eigenvalue weighted by Gasteiger charge is 2.43. The third kappa shape index (κ3) is 3.89. The number of nitrogens with one attached hydrogen (secondary N) is 1. The molecular weight excluding hydrogens is 347 g/mol. The van der Waals surface area contributed by atoms with E-state index in [4.69, 9.17) is 5.21 Å². The first-order valence-electron chi connectivity index (χ1n) is 10.1. The highest BCUT2D eigenvalue weighted by molar-refractivity contribution is 5.93. The smallest absolute Gasteiger partial charge is 0.274 e. The summed E-state index contributed by atoms with van der Waals surface area (Å²) in [5.74, 6) is 0.879. The van der Waals surface area contributed by atoms with E-state index in [1.165, 1.54) is 25.3 Å². The topological polar surface area (TPSA) is 72.8 Å². The molecule has 5 nitrogen and oxygen atoms in total. The van der Waals surface area contributed by atoms with Gasteiger partial charge >= 0.3 is 0 Å². The maximum absolute atomic E-state index is 14.6. The maximum Gasteiger partial charge on any atom is 0.274 e. The number of hydrogen-bond donors (Lipinski definition) is 3. The van der Waals surface area contributed by atoms with Gasteiger partial charge < -0.3 is 5.11 Å². The van der Waals surface area contributed by atoms with E-state index >= 15 is 0 Å². The zero-order valence-electron chi connectivity index (χ0n) is 15.9. The van der Waals surface area contributed by atoms with Crippen LogP contribution < -0.4 is 5.48 Å². The summed E-state index contributed by atoms with van der Waals surface area (Å²) in [5, 5.41) is 20.0. The fourth-order valence-corrected chi connectivity index (χ4v) is 5.94. The molecule has 0 radical (unpaired) electrons. The van der Waals surface area contributed by atoms with Crippen LogP contribution >= 0.6 is 0 Å². The van der Waals surface area contributed by atoms with Gasteiger partial charge in [-0.05, 0) is 74.0 Å². The van der Waals surface area contributed by atoms with Crippen molar-refractivity contribution >= 4 is 5.91 Å². The summed E-state index contributed by atoms with van der Waals surface area (Å²) < 4.78 is 14.6. The molecule has 1 heterocycles. The Hall–Kier alpha value is -1.50. The van der Waals surface area contributed by atoms with Gasteiger partial charge in [-0.25, -0.2) is 9.87 Å². The van der Waals surface area contributed by atoms with Gasteiger partial charge in [0.25, 0.3) is 5.91 Å². The van der Waals surface area contributed by atoms with Crippen LogP contribution in [0.2, 0.25) is 0 Å². The zero-order chi connectivity index (χ0) is 19.2. The van der Waals surface area contributed by atoms with Gasteiger partial charge in [-0.3, -0.25) is 14.9 Å². The van der Waals surface area contributed by atoms with Crippen molar-refractivity contribution in [3.8, 4) is 0 Å². The molecule has 2 unspecified atom stereocenters. The summed E-state index contributed by atoms with van der Waals surface area (Å²) in [6.45, 7) is 4.10. The van der Waals surface area contributed by atoms with Gasteiger partial charge in [-0.1, -0.05) is 6.92 Å². The Kier molecular flexibility index (Phi) is 4.99. The minimum atomic E-state index is -0.698. The fraction of sp³-hybridized carbons (Fsp3) is 0.667. The van der Waals surface area contributed by atoms with Gasteiger partial charge in [0.2, 0.25) is 0 Å². The molecule has 1 amide bonds. The Morgan fingerprint density at radius 1 is 1.30 bits per heavy atom. The molecule has 0 spiro atoms. The Morgan fingerprint density at radius 2 is 2.00 bits per heavy atom. The van der Waals surface area contributed by atoms with Crippen molar-refractivity contribution in [1.82, 2.24) is 10.4 Å². The van der Waals surface area contributed by atoms with Crippen LogP contribution in [-0.2, 0) is 13.0 Å². The second-order valence-electron chi connectivity index (χ2n) is 9.17. The number of aliphatic hydroxyl groups is 1. The van der Waals surface area contributed by atoms with Gasteiger partial charge in [-0.15, -0.1) is 0 Å². The molecular formula is C21H29FN2O3. The minimum absolute atomic E-state index is 0.134. The SMILES string of the molecule is CC1CC2CC(C1)CC(O)(CN1CCc3cc(C(=O)NO)cc(F)c3C1)C2. The summed E-state index contributed by atoms with van der Waals surface area (Å²) in [6, 6.07) is 2.83. The van der Waals surface area contributed by atoms with Gasteiger partial charge in [-0.2, -0.15) is 0 Å². The molecule has 0 saturated heterocycles. The molecule has 1 aromatic carbocycles. The number of amides is 1. The molecule has 148 valence electrons. The highest BCUT2D eigenvalue weighted by atomic mass is 19.1. The second kappa shape index (κ2) is 7.15. The largest absolute Gasteiger partial charge is 0.389 e. The Balaban J connectivity index is 1.46. The number of hydroxylamine groups is 1. The fourth-order valence-electron chi connectivity index (χ4n) is 5.94. The van der Waals surface area contributed by atoms with Crippen molar-refractivity contribution in [2.75, 3.05) is 13.1 Å². The lowest BCUT2D eigenvalue weighted by atomic mass is 9.63. The van der Waals surface area contributed by atoms with Crippen molar-refractivity contribution in [2.45, 2.75) is 57.6 Å². The number of fused-ring (bicyclic) bond motifs is 3. The number of hydrogen-bond acceptors (Lipinski definition) is 4. The maximum atomic E-state index is 14.6. The molecule has 6 heteroatoms. The lowest BCUT2D eigenvalue weighted by Gasteiger charge is -2.48. The first-order valence-corrected chi connectivity index (χ1v) is 10.1. The van der Waals surface area contributed by atoms with Gasteiger partial charge in [0.15, 0.2) is 0 Å². The lowest BCUT2D eigenvalue weighted by Crippen LogP contribution is -2.51. The van der Waals surface area contributed by atoms with Crippen LogP contribution in [0.25, 0.3) is 0 Å². The third-order valence-electron chi connectivity index (χ3n) is 6.72. The average Bonchev–Trinajstić information content (AvgIpc) is 2.59. The second-order valence-corrected chi connectivity index (χ2v) is 9.17. The average molecular weight is 376 g/mol. The molecule has 4 rings (SSSR count). The van der Waals surface area contributed by atoms with Crippen LogP contribution in [0.1, 0.15) is 60.5 Å². The lowest BCUT2D eigenvalue weighted by molar-refractivity contribution is -0.0800. The Morgan fingerprint density at radius 3 is 2.67 bits per heavy atom. The number of carbonyl (C=O) groups excluding carboxylic acids is 1. The first-order chi connectivity index (χ1) is 12.8. The van der Waals surface area contributed by atoms with E-state index in [1.54, 1.807) is 11.5 Å². The molecule has 2 fully saturated rings. The van der Waals surface area contributed by atoms with Crippen LogP contribution in [0.15, 0.2) is 12.1 Å². The zero-order valence-corrected chi connectivity index (χ0v) is 15.9. The summed E-state index contributed by atoms with van der Waals surface area (Å²) >= 11 is 0. The van der Waals surface area contributed by atoms with Crippen LogP contribution in [-0.4, -0.2) is 39.8 Å². The predicted octanol–water partition coefficient (Wildman–Crippen LogP) is 2.88. The van der Waals surface area contributed by atoms with Crippen LogP contribution in [0.3, 0.4) is 0 Å². The third-order valence-corrected chi connectivity index (χ3v) is 6.72. The highest BCUT2D eigenvalue weighted by Crippen LogP contribution is 2.46. The van der Waals surface area contributed by atoms with Crippen molar-refractivity contribution in [3.05, 3.63) is 34.6 Å². The van der Waals surface area contributed by atoms with Crippen molar-refractivity contribution in [3.63, 3.8) is 0 Å². The summed E-state index contributed by atoms with van der Waals surface area (Å²) in [6.07, 6.45) is 6.03. The first kappa shape index (κ1) is 18.8. The number of halogens is 1. The molecule has 2 bridgehead atoms. The normalized spacial score (nSPS) is 33.4. The number of benzene rings is 1. The summed E-state index contributed by atoms with van der Waals surface area (Å²) in [7, 11) is 0. The van der Waals surface area contributed by atoms with Crippen molar-refractivity contribution < 1.29 is 19.5 Å².